The maximum atomic E-state index is 13.1. The second-order valence-electron chi connectivity index (χ2n) is 5.99. The van der Waals surface area contributed by atoms with E-state index in [9.17, 15) is 4.79 Å². The summed E-state index contributed by atoms with van der Waals surface area (Å²) in [5.41, 5.74) is 8.82. The summed E-state index contributed by atoms with van der Waals surface area (Å²) >= 11 is 0. The molecule has 130 valence electrons. The lowest BCUT2D eigenvalue weighted by molar-refractivity contribution is 0.764. The number of anilines is 2. The van der Waals surface area contributed by atoms with Crippen molar-refractivity contribution in [2.45, 2.75) is 13.5 Å². The van der Waals surface area contributed by atoms with Crippen LogP contribution in [0.5, 0.6) is 0 Å². The zero-order valence-electron chi connectivity index (χ0n) is 14.3. The summed E-state index contributed by atoms with van der Waals surface area (Å²) in [5, 5.41) is 3.26. The molecule has 26 heavy (non-hydrogen) atoms. The Morgan fingerprint density at radius 1 is 1.15 bits per heavy atom. The van der Waals surface area contributed by atoms with Crippen LogP contribution in [-0.2, 0) is 6.54 Å². The molecule has 0 fully saturated rings. The lowest BCUT2D eigenvalue weighted by Crippen LogP contribution is -2.30. The molecule has 0 atom stereocenters. The molecule has 4 rings (SSSR count). The number of aromatic nitrogens is 4. The van der Waals surface area contributed by atoms with E-state index in [2.05, 4.69) is 15.3 Å². The van der Waals surface area contributed by atoms with Crippen LogP contribution in [0.25, 0.3) is 11.3 Å². The molecule has 0 aliphatic rings. The molecule has 7 nitrogen and oxygen atoms in total. The summed E-state index contributed by atoms with van der Waals surface area (Å²) in [4.78, 5) is 21.7. The number of nitrogens with two attached hydrogens (primary N) is 1. The molecule has 3 aromatic heterocycles. The minimum Gasteiger partial charge on any atom is -0.384 e. The van der Waals surface area contributed by atoms with Gasteiger partial charge in [-0.3, -0.25) is 4.40 Å². The summed E-state index contributed by atoms with van der Waals surface area (Å²) in [7, 11) is 0. The van der Waals surface area contributed by atoms with E-state index in [1.54, 1.807) is 27.4 Å². The van der Waals surface area contributed by atoms with Crippen LogP contribution >= 0.6 is 0 Å². The predicted octanol–water partition coefficient (Wildman–Crippen LogP) is 2.38. The monoisotopic (exact) mass is 346 g/mol. The van der Waals surface area contributed by atoms with Crippen LogP contribution in [0.3, 0.4) is 0 Å². The van der Waals surface area contributed by atoms with Crippen LogP contribution < -0.4 is 16.7 Å². The molecule has 0 aliphatic carbocycles. The van der Waals surface area contributed by atoms with Gasteiger partial charge in [-0.05, 0) is 36.8 Å². The van der Waals surface area contributed by atoms with Crippen molar-refractivity contribution in [2.75, 3.05) is 11.1 Å². The zero-order chi connectivity index (χ0) is 18.1. The maximum absolute atomic E-state index is 13.1. The van der Waals surface area contributed by atoms with Crippen molar-refractivity contribution in [3.05, 3.63) is 82.8 Å². The molecule has 1 aromatic carbocycles. The Morgan fingerprint density at radius 2 is 2.00 bits per heavy atom. The van der Waals surface area contributed by atoms with Gasteiger partial charge >= 0.3 is 5.69 Å². The Balaban J connectivity index is 1.83. The third kappa shape index (κ3) is 2.79. The van der Waals surface area contributed by atoms with E-state index in [-0.39, 0.29) is 5.69 Å². The zero-order valence-corrected chi connectivity index (χ0v) is 14.3. The maximum Gasteiger partial charge on any atom is 0.339 e. The smallest absolute Gasteiger partial charge is 0.339 e. The first-order valence-electron chi connectivity index (χ1n) is 8.24. The fourth-order valence-corrected chi connectivity index (χ4v) is 2.94. The summed E-state index contributed by atoms with van der Waals surface area (Å²) in [6.45, 7) is 2.34. The average molecular weight is 346 g/mol. The molecule has 0 unspecified atom stereocenters. The first-order chi connectivity index (χ1) is 12.6. The molecule has 0 saturated heterocycles. The molecule has 3 heterocycles. The third-order valence-corrected chi connectivity index (χ3v) is 4.21. The van der Waals surface area contributed by atoms with Gasteiger partial charge in [0.1, 0.15) is 17.3 Å². The van der Waals surface area contributed by atoms with Gasteiger partial charge in [0.2, 0.25) is 0 Å². The van der Waals surface area contributed by atoms with Crippen molar-refractivity contribution in [2.24, 2.45) is 0 Å². The predicted molar refractivity (Wildman–Crippen MR) is 102 cm³/mol. The molecule has 7 heteroatoms. The Labute approximate surface area is 149 Å². The number of nitrogens with one attached hydrogen (secondary N) is 1. The minimum atomic E-state index is -0.152. The fourth-order valence-electron chi connectivity index (χ4n) is 2.94. The van der Waals surface area contributed by atoms with Gasteiger partial charge in [0.05, 0.1) is 12.2 Å². The normalized spacial score (nSPS) is 11.0. The highest BCUT2D eigenvalue weighted by Gasteiger charge is 2.13. The van der Waals surface area contributed by atoms with Gasteiger partial charge in [-0.1, -0.05) is 18.2 Å². The van der Waals surface area contributed by atoms with Gasteiger partial charge in [0.15, 0.2) is 0 Å². The summed E-state index contributed by atoms with van der Waals surface area (Å²) < 4.78 is 3.18. The summed E-state index contributed by atoms with van der Waals surface area (Å²) in [5.74, 6) is 1.05. The van der Waals surface area contributed by atoms with Crippen molar-refractivity contribution < 1.29 is 0 Å². The van der Waals surface area contributed by atoms with E-state index in [0.717, 1.165) is 16.9 Å². The van der Waals surface area contributed by atoms with Crippen LogP contribution in [0, 0.1) is 6.92 Å². The largest absolute Gasteiger partial charge is 0.384 e. The second-order valence-corrected chi connectivity index (χ2v) is 5.99. The molecular weight excluding hydrogens is 328 g/mol. The number of fused-ring (bicyclic) bond motifs is 1. The first-order valence-corrected chi connectivity index (χ1v) is 8.24. The highest BCUT2D eigenvalue weighted by atomic mass is 16.1. The lowest BCUT2D eigenvalue weighted by atomic mass is 10.2. The Hall–Kier alpha value is -3.61. The molecule has 0 bridgehead atoms. The summed E-state index contributed by atoms with van der Waals surface area (Å²) in [6.07, 6.45) is 3.36. The van der Waals surface area contributed by atoms with Crippen molar-refractivity contribution in [1.82, 2.24) is 18.9 Å². The van der Waals surface area contributed by atoms with Gasteiger partial charge in [0.25, 0.3) is 0 Å². The first kappa shape index (κ1) is 15.9. The van der Waals surface area contributed by atoms with E-state index in [0.29, 0.717) is 23.8 Å². The van der Waals surface area contributed by atoms with E-state index in [1.165, 1.54) is 0 Å². The molecular formula is C19H18N6O. The quantitative estimate of drug-likeness (QED) is 0.592. The molecule has 0 amide bonds. The number of hydrogen-bond acceptors (Lipinski definition) is 5. The SMILES string of the molecule is Cc1ccccc1-n1c(CNc2ccnc(N)c2)nc2cccn2c1=O. The van der Waals surface area contributed by atoms with Gasteiger partial charge < -0.3 is 11.1 Å². The molecule has 0 aliphatic heterocycles. The van der Waals surface area contributed by atoms with Crippen molar-refractivity contribution in [1.29, 1.82) is 0 Å². The topological polar surface area (TPSA) is 90.2 Å². The van der Waals surface area contributed by atoms with E-state index in [4.69, 9.17) is 5.73 Å². The molecule has 0 spiro atoms. The van der Waals surface area contributed by atoms with Crippen LogP contribution in [0.4, 0.5) is 11.5 Å². The Bertz CT molecular complexity index is 1140. The van der Waals surface area contributed by atoms with E-state index >= 15 is 0 Å². The van der Waals surface area contributed by atoms with Crippen LogP contribution in [-0.4, -0.2) is 18.9 Å². The second kappa shape index (κ2) is 6.36. The highest BCUT2D eigenvalue weighted by Crippen LogP contribution is 2.16. The van der Waals surface area contributed by atoms with Gasteiger partial charge in [-0.25, -0.2) is 19.3 Å². The number of aryl methyl sites for hydroxylation is 1. The number of benzene rings is 1. The van der Waals surface area contributed by atoms with Crippen LogP contribution in [0.1, 0.15) is 11.4 Å². The molecule has 4 aromatic rings. The van der Waals surface area contributed by atoms with E-state index < -0.39 is 0 Å². The number of nitrogens with zero attached hydrogens (tertiary/aromatic N) is 4. The highest BCUT2D eigenvalue weighted by molar-refractivity contribution is 5.50. The summed E-state index contributed by atoms with van der Waals surface area (Å²) in [6, 6.07) is 14.9. The van der Waals surface area contributed by atoms with Crippen molar-refractivity contribution in [3.8, 4) is 5.69 Å². The number of rotatable bonds is 4. The number of pyridine rings is 1. The van der Waals surface area contributed by atoms with Gasteiger partial charge in [0, 0.05) is 24.1 Å². The van der Waals surface area contributed by atoms with Gasteiger partial charge in [-0.2, -0.15) is 0 Å². The number of nitrogen functional groups attached to an aromatic ring is 1. The Kier molecular flexibility index (Phi) is 3.89. The fraction of sp³-hybridized carbons (Fsp3) is 0.105. The van der Waals surface area contributed by atoms with Crippen molar-refractivity contribution >= 4 is 17.2 Å². The third-order valence-electron chi connectivity index (χ3n) is 4.21. The molecule has 3 N–H and O–H groups in total. The lowest BCUT2D eigenvalue weighted by Gasteiger charge is -2.16. The Morgan fingerprint density at radius 3 is 2.81 bits per heavy atom. The van der Waals surface area contributed by atoms with Gasteiger partial charge in [-0.15, -0.1) is 0 Å². The molecule has 0 radical (unpaired) electrons. The number of hydrogen-bond donors (Lipinski definition) is 2. The number of para-hydroxylation sites is 1. The molecule has 0 saturated carbocycles. The van der Waals surface area contributed by atoms with E-state index in [1.807, 2.05) is 49.4 Å². The minimum absolute atomic E-state index is 0.152. The average Bonchev–Trinajstić information content (AvgIpc) is 3.10. The van der Waals surface area contributed by atoms with Crippen LogP contribution in [0.2, 0.25) is 0 Å². The van der Waals surface area contributed by atoms with Crippen LogP contribution in [0.15, 0.2) is 65.7 Å². The standard InChI is InChI=1S/C19H18N6O/c1-13-5-2-3-6-15(13)25-18(12-22-14-8-9-21-16(20)11-14)23-17-7-4-10-24(17)19(25)26/h2-11H,12H2,1H3,(H3,20,21,22). The van der Waals surface area contributed by atoms with Crippen molar-refractivity contribution in [3.63, 3.8) is 0 Å².